The van der Waals surface area contributed by atoms with Crippen LogP contribution in [0.5, 0.6) is 0 Å². The molecule has 2 N–H and O–H groups in total. The van der Waals surface area contributed by atoms with Gasteiger partial charge in [0.05, 0.1) is 0 Å². The van der Waals surface area contributed by atoms with E-state index in [4.69, 9.17) is 5.73 Å². The molecule has 0 spiro atoms. The molecule has 0 aromatic carbocycles. The van der Waals surface area contributed by atoms with Crippen molar-refractivity contribution in [3.05, 3.63) is 0 Å². The van der Waals surface area contributed by atoms with Crippen LogP contribution in [0.2, 0.25) is 0 Å². The van der Waals surface area contributed by atoms with E-state index in [1.165, 1.54) is 0 Å². The zero-order valence-corrected chi connectivity index (χ0v) is 8.73. The topological polar surface area (TPSA) is 43.1 Å². The fourth-order valence-electron chi connectivity index (χ4n) is 0.351. The maximum atomic E-state index is 9.98. The minimum atomic E-state index is -0.193. The van der Waals surface area contributed by atoms with Gasteiger partial charge in [-0.05, 0) is 6.42 Å². The van der Waals surface area contributed by atoms with E-state index in [1.807, 2.05) is 6.92 Å². The van der Waals surface area contributed by atoms with Crippen LogP contribution in [-0.2, 0) is 4.79 Å². The van der Waals surface area contributed by atoms with Crippen molar-refractivity contribution in [2.75, 3.05) is 0 Å². The molecule has 0 heterocycles. The summed E-state index contributed by atoms with van der Waals surface area (Å²) in [7, 11) is 0. The SMILES string of the molecule is CCCCC(N)=O.[H-].[K+]. The first kappa shape index (κ1) is 11.8. The second-order valence-corrected chi connectivity index (χ2v) is 1.57. The van der Waals surface area contributed by atoms with Gasteiger partial charge >= 0.3 is 51.4 Å². The van der Waals surface area contributed by atoms with Crippen LogP contribution >= 0.6 is 0 Å². The minimum Gasteiger partial charge on any atom is -1.00 e. The van der Waals surface area contributed by atoms with Gasteiger partial charge in [0.25, 0.3) is 0 Å². The standard InChI is InChI=1S/C5H11NO.K.H/c1-2-3-4-5(6)7;;/h2-4H2,1H3,(H2,6,7);;/q;+1;-1. The number of hydrogen-bond donors (Lipinski definition) is 1. The zero-order valence-electron chi connectivity index (χ0n) is 6.61. The summed E-state index contributed by atoms with van der Waals surface area (Å²) in [5.41, 5.74) is 4.84. The second kappa shape index (κ2) is 8.11. The van der Waals surface area contributed by atoms with Gasteiger partial charge in [0.2, 0.25) is 5.91 Å². The zero-order chi connectivity index (χ0) is 5.70. The van der Waals surface area contributed by atoms with Gasteiger partial charge in [-0.25, -0.2) is 0 Å². The van der Waals surface area contributed by atoms with Crippen LogP contribution in [0.25, 0.3) is 0 Å². The molecule has 0 radical (unpaired) electrons. The molecule has 0 bridgehead atoms. The Morgan fingerprint density at radius 1 is 1.75 bits per heavy atom. The molecule has 0 aliphatic heterocycles. The molecule has 1 amide bonds. The summed E-state index contributed by atoms with van der Waals surface area (Å²) in [4.78, 5) is 9.98. The molecule has 0 aliphatic carbocycles. The summed E-state index contributed by atoms with van der Waals surface area (Å²) in [5, 5.41) is 0. The van der Waals surface area contributed by atoms with Crippen molar-refractivity contribution in [3.63, 3.8) is 0 Å². The van der Waals surface area contributed by atoms with Gasteiger partial charge in [-0.1, -0.05) is 13.3 Å². The number of primary amides is 1. The molecule has 0 aromatic rings. The van der Waals surface area contributed by atoms with E-state index >= 15 is 0 Å². The van der Waals surface area contributed by atoms with E-state index in [-0.39, 0.29) is 58.7 Å². The van der Waals surface area contributed by atoms with Crippen molar-refractivity contribution < 1.29 is 57.6 Å². The second-order valence-electron chi connectivity index (χ2n) is 1.57. The number of unbranched alkanes of at least 4 members (excludes halogenated alkanes) is 1. The van der Waals surface area contributed by atoms with E-state index in [0.717, 1.165) is 12.8 Å². The summed E-state index contributed by atoms with van der Waals surface area (Å²) in [6, 6.07) is 0. The van der Waals surface area contributed by atoms with E-state index in [1.54, 1.807) is 0 Å². The molecule has 8 heavy (non-hydrogen) atoms. The van der Waals surface area contributed by atoms with Gasteiger partial charge in [-0.2, -0.15) is 0 Å². The number of amides is 1. The molecule has 0 aromatic heterocycles. The van der Waals surface area contributed by atoms with Crippen LogP contribution in [-0.4, -0.2) is 5.91 Å². The number of nitrogens with two attached hydrogens (primary N) is 1. The third-order valence-electron chi connectivity index (χ3n) is 0.777. The summed E-state index contributed by atoms with van der Waals surface area (Å²) >= 11 is 0. The van der Waals surface area contributed by atoms with Gasteiger partial charge in [0, 0.05) is 6.42 Å². The summed E-state index contributed by atoms with van der Waals surface area (Å²) < 4.78 is 0. The van der Waals surface area contributed by atoms with Crippen molar-refractivity contribution >= 4 is 5.91 Å². The normalized spacial score (nSPS) is 7.62. The van der Waals surface area contributed by atoms with Crippen LogP contribution < -0.4 is 57.1 Å². The molecular formula is C5H12KNO. The van der Waals surface area contributed by atoms with Gasteiger partial charge in [0.1, 0.15) is 0 Å². The first-order valence-electron chi connectivity index (χ1n) is 2.55. The van der Waals surface area contributed by atoms with E-state index in [2.05, 4.69) is 0 Å². The summed E-state index contributed by atoms with van der Waals surface area (Å²) in [5.74, 6) is -0.193. The Bertz CT molecular complexity index is 70.0. The first-order chi connectivity index (χ1) is 3.27. The molecule has 0 atom stereocenters. The fourth-order valence-corrected chi connectivity index (χ4v) is 0.351. The molecule has 0 saturated carbocycles. The number of carbonyl (C=O) groups is 1. The Hall–Kier alpha value is 1.11. The van der Waals surface area contributed by atoms with Crippen molar-refractivity contribution in [2.45, 2.75) is 26.2 Å². The van der Waals surface area contributed by atoms with Crippen molar-refractivity contribution in [1.82, 2.24) is 0 Å². The molecular weight excluding hydrogens is 129 g/mol. The van der Waals surface area contributed by atoms with Crippen LogP contribution in [0.15, 0.2) is 0 Å². The Morgan fingerprint density at radius 2 is 2.25 bits per heavy atom. The Morgan fingerprint density at radius 3 is 2.38 bits per heavy atom. The number of carbonyl (C=O) groups excluding carboxylic acids is 1. The average molecular weight is 141 g/mol. The molecule has 2 nitrogen and oxygen atoms in total. The van der Waals surface area contributed by atoms with E-state index in [0.29, 0.717) is 6.42 Å². The maximum Gasteiger partial charge on any atom is 1.00 e. The van der Waals surface area contributed by atoms with Crippen LogP contribution in [0.1, 0.15) is 27.6 Å². The quantitative estimate of drug-likeness (QED) is 0.444. The Kier molecular flexibility index (Phi) is 12.0. The first-order valence-corrected chi connectivity index (χ1v) is 2.55. The largest absolute Gasteiger partial charge is 1.00 e. The molecule has 3 heteroatoms. The Labute approximate surface area is 94.1 Å². The molecule has 0 rings (SSSR count). The van der Waals surface area contributed by atoms with Crippen LogP contribution in [0.3, 0.4) is 0 Å². The number of rotatable bonds is 3. The molecule has 0 unspecified atom stereocenters. The van der Waals surface area contributed by atoms with Crippen molar-refractivity contribution in [1.29, 1.82) is 0 Å². The monoisotopic (exact) mass is 141 g/mol. The van der Waals surface area contributed by atoms with Gasteiger partial charge < -0.3 is 7.16 Å². The molecule has 0 saturated heterocycles. The Balaban J connectivity index is -0.000000180. The van der Waals surface area contributed by atoms with Crippen molar-refractivity contribution in [3.8, 4) is 0 Å². The van der Waals surface area contributed by atoms with Crippen LogP contribution in [0, 0.1) is 0 Å². The van der Waals surface area contributed by atoms with Crippen molar-refractivity contribution in [2.24, 2.45) is 5.73 Å². The maximum absolute atomic E-state index is 9.98. The third-order valence-corrected chi connectivity index (χ3v) is 0.777. The molecule has 0 aliphatic rings. The predicted octanol–water partition coefficient (Wildman–Crippen LogP) is -2.22. The van der Waals surface area contributed by atoms with Crippen LogP contribution in [0.4, 0.5) is 0 Å². The van der Waals surface area contributed by atoms with Gasteiger partial charge in [-0.3, -0.25) is 4.79 Å². The van der Waals surface area contributed by atoms with E-state index in [9.17, 15) is 4.79 Å². The van der Waals surface area contributed by atoms with Gasteiger partial charge in [-0.15, -0.1) is 0 Å². The summed E-state index contributed by atoms with van der Waals surface area (Å²) in [6.45, 7) is 2.03. The molecule has 44 valence electrons. The predicted molar refractivity (Wildman–Crippen MR) is 29.8 cm³/mol. The average Bonchev–Trinajstić information content (AvgIpc) is 1.61. The minimum absolute atomic E-state index is 0. The van der Waals surface area contributed by atoms with E-state index < -0.39 is 0 Å². The number of hydrogen-bond acceptors (Lipinski definition) is 1. The third kappa shape index (κ3) is 10.2. The van der Waals surface area contributed by atoms with Gasteiger partial charge in [0.15, 0.2) is 0 Å². The summed E-state index contributed by atoms with van der Waals surface area (Å²) in [6.07, 6.45) is 2.51. The molecule has 0 fully saturated rings. The smallest absolute Gasteiger partial charge is 1.00 e. The fraction of sp³-hybridized carbons (Fsp3) is 0.800.